The third kappa shape index (κ3) is 5.01. The van der Waals surface area contributed by atoms with Crippen LogP contribution in [-0.4, -0.2) is 38.7 Å². The minimum absolute atomic E-state index is 0.0759. The number of carbonyl (C=O) groups excluding carboxylic acids is 1. The smallest absolute Gasteiger partial charge is 0.240 e. The lowest BCUT2D eigenvalue weighted by Crippen LogP contribution is -2.31. The molecule has 0 radical (unpaired) electrons. The van der Waals surface area contributed by atoms with Crippen LogP contribution in [-0.2, 0) is 24.4 Å². The van der Waals surface area contributed by atoms with Crippen LogP contribution in [0.15, 0.2) is 41.8 Å². The molecule has 2 N–H and O–H groups in total. The SMILES string of the molecule is O=C(Cn1c(-c2cccs2)n[nH]c1=S)NCc1ccccc1CN1CCCCC1. The van der Waals surface area contributed by atoms with Crippen LogP contribution < -0.4 is 5.32 Å². The van der Waals surface area contributed by atoms with Gasteiger partial charge in [-0.1, -0.05) is 36.8 Å². The maximum atomic E-state index is 12.6. The van der Waals surface area contributed by atoms with E-state index in [4.69, 9.17) is 12.2 Å². The lowest BCUT2D eigenvalue weighted by Gasteiger charge is -2.27. The first-order valence-corrected chi connectivity index (χ1v) is 11.2. The van der Waals surface area contributed by atoms with Gasteiger partial charge in [0.05, 0.1) is 4.88 Å². The summed E-state index contributed by atoms with van der Waals surface area (Å²) in [7, 11) is 0. The number of H-pyrrole nitrogens is 1. The Morgan fingerprint density at radius 2 is 1.93 bits per heavy atom. The summed E-state index contributed by atoms with van der Waals surface area (Å²) in [5.74, 6) is 0.624. The zero-order valence-corrected chi connectivity index (χ0v) is 17.9. The number of aromatic amines is 1. The molecule has 0 spiro atoms. The number of rotatable bonds is 7. The van der Waals surface area contributed by atoms with Gasteiger partial charge in [-0.2, -0.15) is 5.10 Å². The van der Waals surface area contributed by atoms with Crippen LogP contribution in [0.4, 0.5) is 0 Å². The molecule has 0 aliphatic carbocycles. The maximum absolute atomic E-state index is 12.6. The third-order valence-electron chi connectivity index (χ3n) is 5.24. The van der Waals surface area contributed by atoms with E-state index in [1.807, 2.05) is 23.6 Å². The van der Waals surface area contributed by atoms with Crippen molar-refractivity contribution in [3.8, 4) is 10.7 Å². The first kappa shape index (κ1) is 20.0. The van der Waals surface area contributed by atoms with Gasteiger partial charge in [0.15, 0.2) is 10.6 Å². The van der Waals surface area contributed by atoms with Crippen molar-refractivity contribution in [3.05, 3.63) is 57.7 Å². The zero-order valence-electron chi connectivity index (χ0n) is 16.3. The van der Waals surface area contributed by atoms with Gasteiger partial charge in [0.2, 0.25) is 5.91 Å². The van der Waals surface area contributed by atoms with Crippen LogP contribution >= 0.6 is 23.6 Å². The number of piperidine rings is 1. The topological polar surface area (TPSA) is 66.0 Å². The fourth-order valence-corrected chi connectivity index (χ4v) is 4.61. The number of thiophene rings is 1. The minimum Gasteiger partial charge on any atom is -0.350 e. The van der Waals surface area contributed by atoms with E-state index in [0.717, 1.165) is 24.5 Å². The van der Waals surface area contributed by atoms with Gasteiger partial charge in [-0.25, -0.2) is 0 Å². The predicted molar refractivity (Wildman–Crippen MR) is 118 cm³/mol. The minimum atomic E-state index is -0.0759. The molecule has 0 atom stereocenters. The summed E-state index contributed by atoms with van der Waals surface area (Å²) in [6.45, 7) is 3.93. The summed E-state index contributed by atoms with van der Waals surface area (Å²) in [6, 6.07) is 12.3. The third-order valence-corrected chi connectivity index (χ3v) is 6.42. The molecular formula is C21H25N5OS2. The molecule has 0 saturated carbocycles. The van der Waals surface area contributed by atoms with Gasteiger partial charge in [-0.05, 0) is 60.7 Å². The Bertz CT molecular complexity index is 1000. The Morgan fingerprint density at radius 3 is 2.69 bits per heavy atom. The Kier molecular flexibility index (Phi) is 6.53. The van der Waals surface area contributed by atoms with E-state index in [0.29, 0.717) is 17.1 Å². The summed E-state index contributed by atoms with van der Waals surface area (Å²) in [5.41, 5.74) is 2.45. The van der Waals surface area contributed by atoms with Crippen molar-refractivity contribution in [1.29, 1.82) is 0 Å². The van der Waals surface area contributed by atoms with Gasteiger partial charge in [0.1, 0.15) is 6.54 Å². The molecule has 6 nitrogen and oxygen atoms in total. The molecule has 3 heterocycles. The number of hydrogen-bond acceptors (Lipinski definition) is 5. The van der Waals surface area contributed by atoms with Crippen molar-refractivity contribution >= 4 is 29.5 Å². The molecule has 1 amide bonds. The molecular weight excluding hydrogens is 402 g/mol. The van der Waals surface area contributed by atoms with E-state index >= 15 is 0 Å². The van der Waals surface area contributed by atoms with Crippen molar-refractivity contribution in [1.82, 2.24) is 25.0 Å². The second-order valence-corrected chi connectivity index (χ2v) is 8.63. The first-order chi connectivity index (χ1) is 14.2. The Balaban J connectivity index is 1.40. The Labute approximate surface area is 179 Å². The van der Waals surface area contributed by atoms with E-state index in [9.17, 15) is 4.79 Å². The van der Waals surface area contributed by atoms with E-state index in [-0.39, 0.29) is 12.5 Å². The number of aromatic nitrogens is 3. The molecule has 29 heavy (non-hydrogen) atoms. The van der Waals surface area contributed by atoms with Gasteiger partial charge in [-0.15, -0.1) is 11.3 Å². The molecule has 152 valence electrons. The number of likely N-dealkylation sites (tertiary alicyclic amines) is 1. The van der Waals surface area contributed by atoms with Crippen LogP contribution in [0.5, 0.6) is 0 Å². The highest BCUT2D eigenvalue weighted by Gasteiger charge is 2.15. The maximum Gasteiger partial charge on any atom is 0.240 e. The van der Waals surface area contributed by atoms with Crippen LogP contribution in [0, 0.1) is 4.77 Å². The molecule has 1 saturated heterocycles. The highest BCUT2D eigenvalue weighted by molar-refractivity contribution is 7.71. The lowest BCUT2D eigenvalue weighted by atomic mass is 10.0. The second-order valence-electron chi connectivity index (χ2n) is 7.30. The average Bonchev–Trinajstić information content (AvgIpc) is 3.39. The number of nitrogens with one attached hydrogen (secondary N) is 2. The van der Waals surface area contributed by atoms with E-state index < -0.39 is 0 Å². The lowest BCUT2D eigenvalue weighted by molar-refractivity contribution is -0.121. The molecule has 2 aromatic heterocycles. The molecule has 0 unspecified atom stereocenters. The summed E-state index contributed by atoms with van der Waals surface area (Å²) in [4.78, 5) is 16.1. The van der Waals surface area contributed by atoms with Crippen molar-refractivity contribution in [3.63, 3.8) is 0 Å². The first-order valence-electron chi connectivity index (χ1n) is 9.95. The number of amides is 1. The standard InChI is InChI=1S/C21H25N5OS2/c27-19(15-26-20(23-24-21(26)28)18-9-6-12-29-18)22-13-16-7-2-3-8-17(16)14-25-10-4-1-5-11-25/h2-3,6-9,12H,1,4-5,10-11,13-15H2,(H,22,27)(H,24,28). The van der Waals surface area contributed by atoms with Crippen LogP contribution in [0.25, 0.3) is 10.7 Å². The zero-order chi connectivity index (χ0) is 20.1. The summed E-state index contributed by atoms with van der Waals surface area (Å²) >= 11 is 6.89. The van der Waals surface area contributed by atoms with Crippen molar-refractivity contribution in [2.75, 3.05) is 13.1 Å². The van der Waals surface area contributed by atoms with Crippen LogP contribution in [0.1, 0.15) is 30.4 Å². The molecule has 8 heteroatoms. The van der Waals surface area contributed by atoms with Gasteiger partial charge < -0.3 is 5.32 Å². The normalized spacial score (nSPS) is 14.8. The molecule has 1 aliphatic heterocycles. The second kappa shape index (κ2) is 9.47. The molecule has 3 aromatic rings. The average molecular weight is 428 g/mol. The van der Waals surface area contributed by atoms with E-state index in [2.05, 4.69) is 38.6 Å². The van der Waals surface area contributed by atoms with Gasteiger partial charge >= 0.3 is 0 Å². The van der Waals surface area contributed by atoms with E-state index in [1.165, 1.54) is 30.4 Å². The molecule has 4 rings (SSSR count). The van der Waals surface area contributed by atoms with Crippen LogP contribution in [0.3, 0.4) is 0 Å². The summed E-state index contributed by atoms with van der Waals surface area (Å²) < 4.78 is 2.20. The summed E-state index contributed by atoms with van der Waals surface area (Å²) in [6.07, 6.45) is 3.88. The quantitative estimate of drug-likeness (QED) is 0.560. The molecule has 0 bridgehead atoms. The highest BCUT2D eigenvalue weighted by Crippen LogP contribution is 2.22. The van der Waals surface area contributed by atoms with Gasteiger partial charge in [0.25, 0.3) is 0 Å². The number of hydrogen-bond donors (Lipinski definition) is 2. The highest BCUT2D eigenvalue weighted by atomic mass is 32.1. The number of nitrogens with zero attached hydrogens (tertiary/aromatic N) is 3. The Morgan fingerprint density at radius 1 is 1.14 bits per heavy atom. The van der Waals surface area contributed by atoms with Crippen molar-refractivity contribution in [2.45, 2.75) is 38.9 Å². The van der Waals surface area contributed by atoms with Crippen molar-refractivity contribution < 1.29 is 4.79 Å². The number of benzene rings is 1. The largest absolute Gasteiger partial charge is 0.350 e. The summed E-state index contributed by atoms with van der Waals surface area (Å²) in [5, 5.41) is 12.1. The molecule has 1 aliphatic rings. The van der Waals surface area contributed by atoms with E-state index in [1.54, 1.807) is 15.9 Å². The molecule has 1 aromatic carbocycles. The predicted octanol–water partition coefficient (Wildman–Crippen LogP) is 3.97. The van der Waals surface area contributed by atoms with Gasteiger partial charge in [0, 0.05) is 13.1 Å². The monoisotopic (exact) mass is 427 g/mol. The fraction of sp³-hybridized carbons (Fsp3) is 0.381. The fourth-order valence-electron chi connectivity index (χ4n) is 3.69. The molecule has 1 fully saturated rings. The Hall–Kier alpha value is -2.29. The van der Waals surface area contributed by atoms with Crippen LogP contribution in [0.2, 0.25) is 0 Å². The number of carbonyl (C=O) groups is 1. The van der Waals surface area contributed by atoms with Gasteiger partial charge in [-0.3, -0.25) is 19.4 Å². The van der Waals surface area contributed by atoms with Crippen molar-refractivity contribution in [2.24, 2.45) is 0 Å².